The second-order valence-corrected chi connectivity index (χ2v) is 6.78. The Morgan fingerprint density at radius 2 is 2.08 bits per heavy atom. The highest BCUT2D eigenvalue weighted by Crippen LogP contribution is 2.38. The number of benzene rings is 1. The van der Waals surface area contributed by atoms with Crippen molar-refractivity contribution in [3.63, 3.8) is 0 Å². The van der Waals surface area contributed by atoms with Gasteiger partial charge in [0.1, 0.15) is 0 Å². The summed E-state index contributed by atoms with van der Waals surface area (Å²) in [4.78, 5) is 16.6. The standard InChI is InChI=1S/C19H23N3O2/c23-19(22-15-8-10-24-18(11-15)13-5-6-13)21-12-14-7-9-20-17-4-2-1-3-16(14)17/h1-4,7,9,13,15,18H,5-6,8,10-12H2,(H2,21,22,23)/t15-,18-/m1/s1. The van der Waals surface area contributed by atoms with Crippen molar-refractivity contribution in [2.45, 2.75) is 44.4 Å². The first-order valence-corrected chi connectivity index (χ1v) is 8.78. The van der Waals surface area contributed by atoms with E-state index in [0.29, 0.717) is 12.6 Å². The monoisotopic (exact) mass is 325 g/mol. The minimum absolute atomic E-state index is 0.0997. The fourth-order valence-corrected chi connectivity index (χ4v) is 3.48. The van der Waals surface area contributed by atoms with E-state index in [-0.39, 0.29) is 12.1 Å². The third kappa shape index (κ3) is 3.51. The summed E-state index contributed by atoms with van der Waals surface area (Å²) in [6, 6.07) is 10.1. The Labute approximate surface area is 141 Å². The molecule has 4 rings (SSSR count). The van der Waals surface area contributed by atoms with Crippen molar-refractivity contribution in [1.82, 2.24) is 15.6 Å². The highest BCUT2D eigenvalue weighted by Gasteiger charge is 2.36. The van der Waals surface area contributed by atoms with E-state index in [1.54, 1.807) is 6.20 Å². The van der Waals surface area contributed by atoms with E-state index in [4.69, 9.17) is 4.74 Å². The zero-order chi connectivity index (χ0) is 16.4. The number of pyridine rings is 1. The van der Waals surface area contributed by atoms with E-state index < -0.39 is 0 Å². The molecule has 5 heteroatoms. The first kappa shape index (κ1) is 15.4. The molecule has 24 heavy (non-hydrogen) atoms. The topological polar surface area (TPSA) is 63.2 Å². The Morgan fingerprint density at radius 3 is 2.96 bits per heavy atom. The second kappa shape index (κ2) is 6.77. The van der Waals surface area contributed by atoms with Gasteiger partial charge in [0.25, 0.3) is 0 Å². The predicted molar refractivity (Wildman–Crippen MR) is 92.6 cm³/mol. The molecule has 126 valence electrons. The van der Waals surface area contributed by atoms with Crippen LogP contribution in [0.4, 0.5) is 4.79 Å². The number of nitrogens with one attached hydrogen (secondary N) is 2. The van der Waals surface area contributed by atoms with Gasteiger partial charge >= 0.3 is 6.03 Å². The van der Waals surface area contributed by atoms with Gasteiger partial charge in [-0.3, -0.25) is 4.98 Å². The van der Waals surface area contributed by atoms with Crippen LogP contribution in [0.15, 0.2) is 36.5 Å². The van der Waals surface area contributed by atoms with Crippen molar-refractivity contribution in [3.8, 4) is 0 Å². The molecule has 1 saturated heterocycles. The number of carbonyl (C=O) groups excluding carboxylic acids is 1. The highest BCUT2D eigenvalue weighted by molar-refractivity contribution is 5.82. The third-order valence-corrected chi connectivity index (χ3v) is 4.98. The first-order chi connectivity index (χ1) is 11.8. The molecule has 1 aliphatic carbocycles. The van der Waals surface area contributed by atoms with Gasteiger partial charge in [0, 0.05) is 30.8 Å². The molecule has 0 radical (unpaired) electrons. The number of carbonyl (C=O) groups is 1. The number of fused-ring (bicyclic) bond motifs is 1. The normalized spacial score (nSPS) is 23.8. The molecule has 2 heterocycles. The Hall–Kier alpha value is -2.14. The maximum atomic E-state index is 12.2. The molecule has 1 saturated carbocycles. The highest BCUT2D eigenvalue weighted by atomic mass is 16.5. The van der Waals surface area contributed by atoms with E-state index in [1.165, 1.54) is 12.8 Å². The summed E-state index contributed by atoms with van der Waals surface area (Å²) in [5.41, 5.74) is 2.03. The Morgan fingerprint density at radius 1 is 1.21 bits per heavy atom. The molecule has 0 spiro atoms. The lowest BCUT2D eigenvalue weighted by atomic mass is 10.0. The fourth-order valence-electron chi connectivity index (χ4n) is 3.48. The molecule has 2 aromatic rings. The molecule has 0 unspecified atom stereocenters. The Balaban J connectivity index is 1.32. The van der Waals surface area contributed by atoms with Gasteiger partial charge in [-0.25, -0.2) is 4.79 Å². The lowest BCUT2D eigenvalue weighted by Gasteiger charge is -2.30. The first-order valence-electron chi connectivity index (χ1n) is 8.78. The summed E-state index contributed by atoms with van der Waals surface area (Å²) in [6.07, 6.45) is 6.52. The molecule has 1 aromatic carbocycles. The largest absolute Gasteiger partial charge is 0.378 e. The van der Waals surface area contributed by atoms with Crippen LogP contribution < -0.4 is 10.6 Å². The van der Waals surface area contributed by atoms with E-state index in [2.05, 4.69) is 15.6 Å². The van der Waals surface area contributed by atoms with Crippen LogP contribution in [0.5, 0.6) is 0 Å². The Kier molecular flexibility index (Phi) is 4.34. The van der Waals surface area contributed by atoms with Crippen molar-refractivity contribution < 1.29 is 9.53 Å². The summed E-state index contributed by atoms with van der Waals surface area (Å²) < 4.78 is 5.81. The molecule has 5 nitrogen and oxygen atoms in total. The maximum Gasteiger partial charge on any atom is 0.315 e. The van der Waals surface area contributed by atoms with Crippen LogP contribution in [0.25, 0.3) is 10.9 Å². The molecule has 2 fully saturated rings. The molecule has 1 aromatic heterocycles. The van der Waals surface area contributed by atoms with Gasteiger partial charge in [-0.05, 0) is 49.3 Å². The molecule has 2 amide bonds. The number of hydrogen-bond acceptors (Lipinski definition) is 3. The number of nitrogens with zero attached hydrogens (tertiary/aromatic N) is 1. The number of para-hydroxylation sites is 1. The van der Waals surface area contributed by atoms with E-state index >= 15 is 0 Å². The molecular weight excluding hydrogens is 302 g/mol. The third-order valence-electron chi connectivity index (χ3n) is 4.98. The Bertz CT molecular complexity index is 724. The van der Waals surface area contributed by atoms with Crippen molar-refractivity contribution in [2.24, 2.45) is 5.92 Å². The van der Waals surface area contributed by atoms with Gasteiger partial charge < -0.3 is 15.4 Å². The van der Waals surface area contributed by atoms with Crippen LogP contribution in [-0.2, 0) is 11.3 Å². The summed E-state index contributed by atoms with van der Waals surface area (Å²) in [5.74, 6) is 0.723. The maximum absolute atomic E-state index is 12.2. The van der Waals surface area contributed by atoms with Gasteiger partial charge in [-0.2, -0.15) is 0 Å². The quantitative estimate of drug-likeness (QED) is 0.908. The number of rotatable bonds is 4. The van der Waals surface area contributed by atoms with E-state index in [9.17, 15) is 4.79 Å². The van der Waals surface area contributed by atoms with Gasteiger partial charge in [-0.1, -0.05) is 18.2 Å². The van der Waals surface area contributed by atoms with Gasteiger partial charge in [-0.15, -0.1) is 0 Å². The van der Waals surface area contributed by atoms with Crippen LogP contribution in [-0.4, -0.2) is 29.8 Å². The summed E-state index contributed by atoms with van der Waals surface area (Å²) in [7, 11) is 0. The lowest BCUT2D eigenvalue weighted by Crippen LogP contribution is -2.46. The molecule has 0 bridgehead atoms. The predicted octanol–water partition coefficient (Wildman–Crippen LogP) is 2.99. The van der Waals surface area contributed by atoms with Crippen molar-refractivity contribution in [3.05, 3.63) is 42.1 Å². The minimum atomic E-state index is -0.0997. The smallest absolute Gasteiger partial charge is 0.315 e. The molecule has 2 aliphatic rings. The zero-order valence-electron chi connectivity index (χ0n) is 13.7. The van der Waals surface area contributed by atoms with Crippen LogP contribution in [0.2, 0.25) is 0 Å². The van der Waals surface area contributed by atoms with Crippen LogP contribution >= 0.6 is 0 Å². The van der Waals surface area contributed by atoms with Crippen molar-refractivity contribution >= 4 is 16.9 Å². The van der Waals surface area contributed by atoms with Crippen LogP contribution in [0, 0.1) is 5.92 Å². The van der Waals surface area contributed by atoms with Crippen LogP contribution in [0.1, 0.15) is 31.2 Å². The zero-order valence-corrected chi connectivity index (χ0v) is 13.7. The average molecular weight is 325 g/mol. The fraction of sp³-hybridized carbons (Fsp3) is 0.474. The number of amides is 2. The SMILES string of the molecule is O=C(NCc1ccnc2ccccc12)N[C@@H]1CCO[C@@H](C2CC2)C1. The second-order valence-electron chi connectivity index (χ2n) is 6.78. The van der Waals surface area contributed by atoms with E-state index in [0.717, 1.165) is 41.8 Å². The van der Waals surface area contributed by atoms with Crippen molar-refractivity contribution in [1.29, 1.82) is 0 Å². The van der Waals surface area contributed by atoms with Crippen LogP contribution in [0.3, 0.4) is 0 Å². The van der Waals surface area contributed by atoms with E-state index in [1.807, 2.05) is 30.3 Å². The lowest BCUT2D eigenvalue weighted by molar-refractivity contribution is -0.00914. The number of hydrogen-bond donors (Lipinski definition) is 2. The number of aromatic nitrogens is 1. The number of ether oxygens (including phenoxy) is 1. The van der Waals surface area contributed by atoms with Gasteiger partial charge in [0.2, 0.25) is 0 Å². The summed E-state index contributed by atoms with van der Waals surface area (Å²) >= 11 is 0. The minimum Gasteiger partial charge on any atom is -0.378 e. The van der Waals surface area contributed by atoms with Gasteiger partial charge in [0.15, 0.2) is 0 Å². The van der Waals surface area contributed by atoms with Crippen molar-refractivity contribution in [2.75, 3.05) is 6.61 Å². The average Bonchev–Trinajstić information content (AvgIpc) is 3.45. The molecule has 1 aliphatic heterocycles. The number of urea groups is 1. The molecule has 2 N–H and O–H groups in total. The molecule has 2 atom stereocenters. The molecular formula is C19H23N3O2. The summed E-state index contributed by atoms with van der Waals surface area (Å²) in [6.45, 7) is 1.26. The van der Waals surface area contributed by atoms with Gasteiger partial charge in [0.05, 0.1) is 11.6 Å². The summed E-state index contributed by atoms with van der Waals surface area (Å²) in [5, 5.41) is 7.17.